The van der Waals surface area contributed by atoms with E-state index in [1.54, 1.807) is 6.07 Å². The molecule has 0 saturated carbocycles. The smallest absolute Gasteiger partial charge is 0.161 e. The van der Waals surface area contributed by atoms with Crippen LogP contribution in [0.4, 0.5) is 0 Å². The summed E-state index contributed by atoms with van der Waals surface area (Å²) in [6.45, 7) is 12.3. The normalized spacial score (nSPS) is 12.1. The van der Waals surface area contributed by atoms with E-state index >= 15 is 0 Å². The Balaban J connectivity index is 0.00000256. The molecule has 0 bridgehead atoms. The number of phenols is 2. The van der Waals surface area contributed by atoms with Crippen molar-refractivity contribution in [3.05, 3.63) is 23.3 Å². The molecular weight excluding hydrogens is 296 g/mol. The van der Waals surface area contributed by atoms with Crippen molar-refractivity contribution in [3.8, 4) is 11.5 Å². The number of aromatic hydroxyl groups is 2. The minimum Gasteiger partial charge on any atom is -0.504 e. The van der Waals surface area contributed by atoms with Crippen molar-refractivity contribution in [1.82, 2.24) is 0 Å². The predicted molar refractivity (Wildman–Crippen MR) is 67.2 cm³/mol. The molecule has 0 saturated heterocycles. The SMILES string of the molecule is CC(C)(C)c1cc(O)c(O)c(C(C)(C)C)c1.[Mo]. The maximum atomic E-state index is 9.87. The van der Waals surface area contributed by atoms with Crippen LogP contribution in [-0.4, -0.2) is 10.2 Å². The zero-order valence-electron chi connectivity index (χ0n) is 11.5. The second-order valence-corrected chi connectivity index (χ2v) is 6.39. The van der Waals surface area contributed by atoms with Gasteiger partial charge < -0.3 is 10.2 Å². The summed E-state index contributed by atoms with van der Waals surface area (Å²) in [4.78, 5) is 0. The van der Waals surface area contributed by atoms with E-state index in [2.05, 4.69) is 20.8 Å². The molecule has 17 heavy (non-hydrogen) atoms. The zero-order valence-corrected chi connectivity index (χ0v) is 13.5. The van der Waals surface area contributed by atoms with Gasteiger partial charge in [-0.25, -0.2) is 0 Å². The Hall–Kier alpha value is -0.492. The van der Waals surface area contributed by atoms with E-state index in [-0.39, 0.29) is 43.4 Å². The first-order chi connectivity index (χ1) is 7.03. The van der Waals surface area contributed by atoms with Crippen LogP contribution in [0, 0.1) is 0 Å². The van der Waals surface area contributed by atoms with Gasteiger partial charge in [0.15, 0.2) is 11.5 Å². The molecule has 0 radical (unpaired) electrons. The van der Waals surface area contributed by atoms with Gasteiger partial charge >= 0.3 is 0 Å². The molecule has 0 heterocycles. The predicted octanol–water partition coefficient (Wildman–Crippen LogP) is 3.69. The summed E-state index contributed by atoms with van der Waals surface area (Å²) in [5.74, 6) is -0.0298. The van der Waals surface area contributed by atoms with Crippen LogP contribution >= 0.6 is 0 Å². The molecule has 1 rings (SSSR count). The molecule has 3 heteroatoms. The van der Waals surface area contributed by atoms with Gasteiger partial charge in [0.25, 0.3) is 0 Å². The second kappa shape index (κ2) is 5.02. The quantitative estimate of drug-likeness (QED) is 0.566. The van der Waals surface area contributed by atoms with E-state index < -0.39 is 0 Å². The number of benzene rings is 1. The van der Waals surface area contributed by atoms with Crippen molar-refractivity contribution in [3.63, 3.8) is 0 Å². The first kappa shape index (κ1) is 16.5. The zero-order chi connectivity index (χ0) is 12.7. The molecular formula is C14H22MoO2. The van der Waals surface area contributed by atoms with Gasteiger partial charge in [-0.2, -0.15) is 0 Å². The molecule has 0 amide bonds. The van der Waals surface area contributed by atoms with E-state index in [0.29, 0.717) is 0 Å². The molecule has 0 atom stereocenters. The molecule has 0 spiro atoms. The van der Waals surface area contributed by atoms with Crippen LogP contribution in [0.5, 0.6) is 11.5 Å². The van der Waals surface area contributed by atoms with Gasteiger partial charge in [0.2, 0.25) is 0 Å². The first-order valence-corrected chi connectivity index (χ1v) is 5.60. The van der Waals surface area contributed by atoms with E-state index in [1.807, 2.05) is 26.8 Å². The second-order valence-electron chi connectivity index (χ2n) is 6.39. The Bertz CT molecular complexity index is 398. The summed E-state index contributed by atoms with van der Waals surface area (Å²) >= 11 is 0. The Morgan fingerprint density at radius 3 is 1.65 bits per heavy atom. The fourth-order valence-corrected chi connectivity index (χ4v) is 1.62. The van der Waals surface area contributed by atoms with Crippen LogP contribution in [0.3, 0.4) is 0 Å². The monoisotopic (exact) mass is 320 g/mol. The van der Waals surface area contributed by atoms with Gasteiger partial charge in [-0.15, -0.1) is 0 Å². The Morgan fingerprint density at radius 2 is 1.29 bits per heavy atom. The first-order valence-electron chi connectivity index (χ1n) is 5.60. The Labute approximate surface area is 118 Å². The molecule has 0 aliphatic rings. The summed E-state index contributed by atoms with van der Waals surface area (Å²) in [6.07, 6.45) is 0. The number of hydrogen-bond donors (Lipinski definition) is 2. The van der Waals surface area contributed by atoms with Crippen LogP contribution < -0.4 is 0 Å². The minimum atomic E-state index is -0.178. The van der Waals surface area contributed by atoms with Gasteiger partial charge in [-0.3, -0.25) is 0 Å². The van der Waals surface area contributed by atoms with Gasteiger partial charge in [-0.05, 0) is 22.5 Å². The summed E-state index contributed by atoms with van der Waals surface area (Å²) in [5, 5.41) is 19.6. The van der Waals surface area contributed by atoms with Crippen molar-refractivity contribution in [2.45, 2.75) is 52.4 Å². The molecule has 2 N–H and O–H groups in total. The van der Waals surface area contributed by atoms with E-state index in [1.165, 1.54) is 0 Å². The van der Waals surface area contributed by atoms with E-state index in [4.69, 9.17) is 0 Å². The van der Waals surface area contributed by atoms with Gasteiger partial charge in [-0.1, -0.05) is 47.6 Å². The van der Waals surface area contributed by atoms with Crippen LogP contribution in [0.1, 0.15) is 52.7 Å². The van der Waals surface area contributed by atoms with Crippen LogP contribution in [-0.2, 0) is 31.9 Å². The van der Waals surface area contributed by atoms with Gasteiger partial charge in [0, 0.05) is 26.6 Å². The summed E-state index contributed by atoms with van der Waals surface area (Å²) in [5.41, 5.74) is 1.61. The molecule has 96 valence electrons. The molecule has 0 aliphatic carbocycles. The van der Waals surface area contributed by atoms with Crippen molar-refractivity contribution < 1.29 is 31.3 Å². The van der Waals surface area contributed by atoms with Crippen molar-refractivity contribution in [2.75, 3.05) is 0 Å². The maximum absolute atomic E-state index is 9.87. The third-order valence-corrected chi connectivity index (χ3v) is 2.76. The fourth-order valence-electron chi connectivity index (χ4n) is 1.62. The van der Waals surface area contributed by atoms with Crippen LogP contribution in [0.25, 0.3) is 0 Å². The van der Waals surface area contributed by atoms with Crippen molar-refractivity contribution >= 4 is 0 Å². The van der Waals surface area contributed by atoms with E-state index in [0.717, 1.165) is 11.1 Å². The van der Waals surface area contributed by atoms with Gasteiger partial charge in [0.05, 0.1) is 0 Å². The summed E-state index contributed by atoms with van der Waals surface area (Å²) < 4.78 is 0. The van der Waals surface area contributed by atoms with Crippen molar-refractivity contribution in [2.24, 2.45) is 0 Å². The van der Waals surface area contributed by atoms with E-state index in [9.17, 15) is 10.2 Å². The molecule has 0 aliphatic heterocycles. The summed E-state index contributed by atoms with van der Waals surface area (Å²) in [6, 6.07) is 3.62. The third kappa shape index (κ3) is 3.74. The van der Waals surface area contributed by atoms with Crippen LogP contribution in [0.2, 0.25) is 0 Å². The van der Waals surface area contributed by atoms with Gasteiger partial charge in [0.1, 0.15) is 0 Å². The average Bonchev–Trinajstić information content (AvgIpc) is 2.05. The Morgan fingerprint density at radius 1 is 0.824 bits per heavy atom. The topological polar surface area (TPSA) is 40.5 Å². The number of rotatable bonds is 0. The molecule has 1 aromatic carbocycles. The molecule has 0 fully saturated rings. The average molecular weight is 318 g/mol. The largest absolute Gasteiger partial charge is 0.504 e. The maximum Gasteiger partial charge on any atom is 0.161 e. The molecule has 1 aromatic rings. The fraction of sp³-hybridized carbons (Fsp3) is 0.571. The Kier molecular flexibility index (Phi) is 4.87. The van der Waals surface area contributed by atoms with Crippen LogP contribution in [0.15, 0.2) is 12.1 Å². The molecule has 2 nitrogen and oxygen atoms in total. The summed E-state index contributed by atoms with van der Waals surface area (Å²) in [7, 11) is 0. The number of phenolic OH excluding ortho intramolecular Hbond substituents is 2. The minimum absolute atomic E-state index is 0. The third-order valence-electron chi connectivity index (χ3n) is 2.76. The standard InChI is InChI=1S/C14H22O2.Mo/c1-13(2,3)9-7-10(14(4,5)6)12(16)11(15)8-9;/h7-8,15-16H,1-6H3;. The number of hydrogen-bond acceptors (Lipinski definition) is 2. The van der Waals surface area contributed by atoms with Crippen molar-refractivity contribution in [1.29, 1.82) is 0 Å². The molecule has 0 aromatic heterocycles. The molecule has 0 unspecified atom stereocenters.